The molecule has 0 radical (unpaired) electrons. The summed E-state index contributed by atoms with van der Waals surface area (Å²) in [5.74, 6) is 0.763. The second-order valence-electron chi connectivity index (χ2n) is 6.06. The van der Waals surface area contributed by atoms with Crippen LogP contribution < -0.4 is 0 Å². The van der Waals surface area contributed by atoms with Crippen molar-refractivity contribution in [2.24, 2.45) is 7.05 Å². The lowest BCUT2D eigenvalue weighted by Gasteiger charge is -2.19. The quantitative estimate of drug-likeness (QED) is 0.640. The van der Waals surface area contributed by atoms with E-state index in [1.54, 1.807) is 0 Å². The predicted octanol–water partition coefficient (Wildman–Crippen LogP) is 3.22. The van der Waals surface area contributed by atoms with Crippen molar-refractivity contribution in [3.8, 4) is 11.4 Å². The Kier molecular flexibility index (Phi) is 4.90. The van der Waals surface area contributed by atoms with Crippen molar-refractivity contribution in [3.05, 3.63) is 29.8 Å². The Morgan fingerprint density at radius 2 is 1.95 bits per heavy atom. The van der Waals surface area contributed by atoms with Gasteiger partial charge in [0.2, 0.25) is 0 Å². The average Bonchev–Trinajstić information content (AvgIpc) is 2.76. The topological polar surface area (TPSA) is 57.0 Å². The highest BCUT2D eigenvalue weighted by molar-refractivity contribution is 7.99. The van der Waals surface area contributed by atoms with Crippen LogP contribution in [0, 0.1) is 6.92 Å². The molecule has 0 aliphatic carbocycles. The van der Waals surface area contributed by atoms with Gasteiger partial charge < -0.3 is 9.30 Å². The van der Waals surface area contributed by atoms with E-state index in [2.05, 4.69) is 10.2 Å². The van der Waals surface area contributed by atoms with Crippen LogP contribution in [0.25, 0.3) is 11.4 Å². The molecule has 1 aromatic carbocycles. The predicted molar refractivity (Wildman–Crippen MR) is 87.7 cm³/mol. The molecule has 0 aliphatic rings. The van der Waals surface area contributed by atoms with Gasteiger partial charge in [-0.05, 0) is 33.3 Å². The number of aryl methyl sites for hydroxylation is 1. The number of hydrogen-bond donors (Lipinski definition) is 0. The van der Waals surface area contributed by atoms with Gasteiger partial charge in [-0.1, -0.05) is 36.0 Å². The molecule has 0 bridgehead atoms. The largest absolute Gasteiger partial charge is 0.459 e. The van der Waals surface area contributed by atoms with Crippen LogP contribution in [0.15, 0.2) is 29.4 Å². The average molecular weight is 319 g/mol. The fourth-order valence-corrected chi connectivity index (χ4v) is 2.68. The third kappa shape index (κ3) is 4.10. The number of rotatable bonds is 4. The Morgan fingerprint density at radius 3 is 2.59 bits per heavy atom. The number of aromatic nitrogens is 3. The molecule has 118 valence electrons. The summed E-state index contributed by atoms with van der Waals surface area (Å²) in [6, 6.07) is 8.02. The van der Waals surface area contributed by atoms with Crippen molar-refractivity contribution in [2.75, 3.05) is 5.75 Å². The van der Waals surface area contributed by atoms with Crippen LogP contribution in [0.4, 0.5) is 0 Å². The lowest BCUT2D eigenvalue weighted by Crippen LogP contribution is -2.25. The van der Waals surface area contributed by atoms with Crippen molar-refractivity contribution in [3.63, 3.8) is 0 Å². The summed E-state index contributed by atoms with van der Waals surface area (Å²) in [4.78, 5) is 11.8. The molecule has 0 saturated heterocycles. The van der Waals surface area contributed by atoms with Crippen LogP contribution in [-0.4, -0.2) is 32.1 Å². The van der Waals surface area contributed by atoms with Gasteiger partial charge in [-0.2, -0.15) is 0 Å². The van der Waals surface area contributed by atoms with E-state index in [1.807, 2.05) is 63.6 Å². The molecular weight excluding hydrogens is 298 g/mol. The summed E-state index contributed by atoms with van der Waals surface area (Å²) in [6.07, 6.45) is 0. The molecule has 5 nitrogen and oxygen atoms in total. The molecule has 0 spiro atoms. The number of thioether (sulfide) groups is 1. The Morgan fingerprint density at radius 1 is 1.27 bits per heavy atom. The van der Waals surface area contributed by atoms with E-state index in [0.29, 0.717) is 5.16 Å². The maximum atomic E-state index is 11.8. The highest BCUT2D eigenvalue weighted by Crippen LogP contribution is 2.25. The summed E-state index contributed by atoms with van der Waals surface area (Å²) >= 11 is 1.33. The van der Waals surface area contributed by atoms with Gasteiger partial charge in [0.1, 0.15) is 5.60 Å². The molecular formula is C16H21N3O2S. The normalized spacial score (nSPS) is 11.5. The molecule has 0 fully saturated rings. The van der Waals surface area contributed by atoms with Gasteiger partial charge >= 0.3 is 5.97 Å². The third-order valence-electron chi connectivity index (χ3n) is 2.96. The molecule has 1 aromatic heterocycles. The second-order valence-corrected chi connectivity index (χ2v) is 7.00. The van der Waals surface area contributed by atoms with Gasteiger partial charge in [-0.25, -0.2) is 0 Å². The maximum Gasteiger partial charge on any atom is 0.316 e. The summed E-state index contributed by atoms with van der Waals surface area (Å²) in [5, 5.41) is 9.11. The van der Waals surface area contributed by atoms with Crippen LogP contribution in [0.3, 0.4) is 0 Å². The highest BCUT2D eigenvalue weighted by atomic mass is 32.2. The van der Waals surface area contributed by atoms with Crippen LogP contribution in [-0.2, 0) is 16.6 Å². The number of hydrogen-bond acceptors (Lipinski definition) is 5. The first-order valence-corrected chi connectivity index (χ1v) is 8.06. The first kappa shape index (κ1) is 16.5. The van der Waals surface area contributed by atoms with Crippen LogP contribution >= 0.6 is 11.8 Å². The molecule has 0 unspecified atom stereocenters. The lowest BCUT2D eigenvalue weighted by atomic mass is 10.1. The molecule has 2 aromatic rings. The van der Waals surface area contributed by atoms with Gasteiger partial charge in [0.05, 0.1) is 5.75 Å². The van der Waals surface area contributed by atoms with Gasteiger partial charge in [-0.3, -0.25) is 4.79 Å². The zero-order chi connectivity index (χ0) is 16.3. The number of esters is 1. The van der Waals surface area contributed by atoms with Crippen LogP contribution in [0.5, 0.6) is 0 Å². The fraction of sp³-hybridized carbons (Fsp3) is 0.438. The molecule has 22 heavy (non-hydrogen) atoms. The third-order valence-corrected chi connectivity index (χ3v) is 3.95. The van der Waals surface area contributed by atoms with E-state index in [4.69, 9.17) is 4.74 Å². The summed E-state index contributed by atoms with van der Waals surface area (Å²) < 4.78 is 7.19. The zero-order valence-electron chi connectivity index (χ0n) is 13.6. The summed E-state index contributed by atoms with van der Waals surface area (Å²) in [6.45, 7) is 7.61. The molecule has 1 heterocycles. The van der Waals surface area contributed by atoms with Crippen molar-refractivity contribution in [2.45, 2.75) is 38.5 Å². The molecule has 2 rings (SSSR count). The van der Waals surface area contributed by atoms with Crippen molar-refractivity contribution in [1.29, 1.82) is 0 Å². The van der Waals surface area contributed by atoms with E-state index < -0.39 is 5.60 Å². The Balaban J connectivity index is 2.09. The van der Waals surface area contributed by atoms with E-state index in [9.17, 15) is 4.79 Å². The van der Waals surface area contributed by atoms with Crippen LogP contribution in [0.1, 0.15) is 26.3 Å². The minimum atomic E-state index is -0.468. The van der Waals surface area contributed by atoms with Crippen LogP contribution in [0.2, 0.25) is 0 Å². The minimum Gasteiger partial charge on any atom is -0.459 e. The number of carbonyl (C=O) groups is 1. The number of carbonyl (C=O) groups excluding carboxylic acids is 1. The summed E-state index contributed by atoms with van der Waals surface area (Å²) in [7, 11) is 1.90. The van der Waals surface area contributed by atoms with E-state index in [1.165, 1.54) is 11.8 Å². The van der Waals surface area contributed by atoms with Crippen molar-refractivity contribution >= 4 is 17.7 Å². The molecule has 6 heteroatoms. The van der Waals surface area contributed by atoms with E-state index >= 15 is 0 Å². The standard InChI is InChI=1S/C16H21N3O2S/c1-11-8-6-7-9-12(11)14-17-18-15(19(14)5)22-10-13(20)21-16(2,3)4/h6-9H,10H2,1-5H3. The zero-order valence-corrected chi connectivity index (χ0v) is 14.4. The number of ether oxygens (including phenoxy) is 1. The fourth-order valence-electron chi connectivity index (χ4n) is 1.99. The molecule has 0 N–H and O–H groups in total. The number of nitrogens with zero attached hydrogens (tertiary/aromatic N) is 3. The second kappa shape index (κ2) is 6.52. The molecule has 0 aliphatic heterocycles. The maximum absolute atomic E-state index is 11.8. The number of benzene rings is 1. The van der Waals surface area contributed by atoms with Crippen molar-refractivity contribution in [1.82, 2.24) is 14.8 Å². The minimum absolute atomic E-state index is 0.219. The highest BCUT2D eigenvalue weighted by Gasteiger charge is 2.18. The SMILES string of the molecule is Cc1ccccc1-c1nnc(SCC(=O)OC(C)(C)C)n1C. The molecule has 0 atom stereocenters. The van der Waals surface area contributed by atoms with Gasteiger partial charge in [0.25, 0.3) is 0 Å². The van der Waals surface area contributed by atoms with Crippen molar-refractivity contribution < 1.29 is 9.53 Å². The first-order chi connectivity index (χ1) is 10.3. The van der Waals surface area contributed by atoms with E-state index in [0.717, 1.165) is 17.0 Å². The smallest absolute Gasteiger partial charge is 0.316 e. The van der Waals surface area contributed by atoms with Gasteiger partial charge in [-0.15, -0.1) is 10.2 Å². The molecule has 0 saturated carbocycles. The van der Waals surface area contributed by atoms with E-state index in [-0.39, 0.29) is 11.7 Å². The van der Waals surface area contributed by atoms with Gasteiger partial charge in [0, 0.05) is 12.6 Å². The Labute approximate surface area is 135 Å². The molecule has 0 amide bonds. The first-order valence-electron chi connectivity index (χ1n) is 7.08. The lowest BCUT2D eigenvalue weighted by molar-refractivity contribution is -0.151. The monoisotopic (exact) mass is 319 g/mol. The Bertz CT molecular complexity index is 674. The summed E-state index contributed by atoms with van der Waals surface area (Å²) in [5.41, 5.74) is 1.72. The Hall–Kier alpha value is -1.82. The van der Waals surface area contributed by atoms with Gasteiger partial charge in [0.15, 0.2) is 11.0 Å².